The molecule has 108 valence electrons. The topological polar surface area (TPSA) is 38.3 Å². The van der Waals surface area contributed by atoms with Gasteiger partial charge in [0.1, 0.15) is 6.04 Å². The highest BCUT2D eigenvalue weighted by Crippen LogP contribution is 2.53. The fourth-order valence-electron chi connectivity index (χ4n) is 5.06. The smallest absolute Gasteiger partial charge is 0.323 e. The Labute approximate surface area is 116 Å². The van der Waals surface area contributed by atoms with Crippen LogP contribution in [0.25, 0.3) is 0 Å². The lowest BCUT2D eigenvalue weighted by Crippen LogP contribution is -2.59. The molecule has 1 atom stereocenters. The number of carbonyl (C=O) groups is 1. The fraction of sp³-hybridized carbons (Fsp3) is 0.938. The van der Waals surface area contributed by atoms with Gasteiger partial charge in [-0.15, -0.1) is 0 Å². The van der Waals surface area contributed by atoms with Gasteiger partial charge in [-0.25, -0.2) is 0 Å². The Morgan fingerprint density at radius 1 is 1.05 bits per heavy atom. The molecule has 0 aromatic rings. The highest BCUT2D eigenvalue weighted by molar-refractivity contribution is 5.76. The quantitative estimate of drug-likeness (QED) is 0.794. The van der Waals surface area contributed by atoms with Crippen molar-refractivity contribution in [3.8, 4) is 0 Å². The monoisotopic (exact) mass is 265 g/mol. The van der Waals surface area contributed by atoms with E-state index in [2.05, 4.69) is 19.2 Å². The second kappa shape index (κ2) is 5.08. The van der Waals surface area contributed by atoms with Crippen molar-refractivity contribution in [2.24, 2.45) is 29.6 Å². The summed E-state index contributed by atoms with van der Waals surface area (Å²) < 4.78 is 4.97. The molecule has 4 aliphatic rings. The van der Waals surface area contributed by atoms with Gasteiger partial charge < -0.3 is 10.1 Å². The van der Waals surface area contributed by atoms with Gasteiger partial charge in [-0.3, -0.25) is 4.79 Å². The maximum Gasteiger partial charge on any atom is 0.323 e. The van der Waals surface area contributed by atoms with Gasteiger partial charge in [-0.2, -0.15) is 0 Å². The van der Waals surface area contributed by atoms with Gasteiger partial charge in [-0.05, 0) is 61.7 Å². The molecule has 0 radical (unpaired) electrons. The summed E-state index contributed by atoms with van der Waals surface area (Å²) in [4.78, 5) is 11.9. The minimum atomic E-state index is -0.132. The van der Waals surface area contributed by atoms with Crippen LogP contribution >= 0.6 is 0 Å². The summed E-state index contributed by atoms with van der Waals surface area (Å²) in [5.74, 6) is 3.78. The van der Waals surface area contributed by atoms with Gasteiger partial charge >= 0.3 is 5.97 Å². The Morgan fingerprint density at radius 2 is 1.58 bits per heavy atom. The first-order valence-electron chi connectivity index (χ1n) is 7.92. The Balaban J connectivity index is 1.70. The van der Waals surface area contributed by atoms with Crippen molar-refractivity contribution in [2.75, 3.05) is 7.11 Å². The van der Waals surface area contributed by atoms with Gasteiger partial charge in [0.2, 0.25) is 0 Å². The minimum absolute atomic E-state index is 0.0937. The third kappa shape index (κ3) is 2.42. The van der Waals surface area contributed by atoms with Crippen LogP contribution in [0.1, 0.15) is 46.0 Å². The lowest BCUT2D eigenvalue weighted by atomic mass is 9.54. The van der Waals surface area contributed by atoms with E-state index in [1.807, 2.05) is 0 Å². The molecule has 4 bridgehead atoms. The number of hydrogen-bond donors (Lipinski definition) is 1. The van der Waals surface area contributed by atoms with E-state index in [9.17, 15) is 4.79 Å². The van der Waals surface area contributed by atoms with Crippen molar-refractivity contribution in [3.05, 3.63) is 0 Å². The Morgan fingerprint density at radius 3 is 2.00 bits per heavy atom. The zero-order valence-corrected chi connectivity index (χ0v) is 12.4. The van der Waals surface area contributed by atoms with Crippen molar-refractivity contribution in [1.29, 1.82) is 0 Å². The average Bonchev–Trinajstić information content (AvgIpc) is 2.36. The molecule has 1 N–H and O–H groups in total. The molecular weight excluding hydrogens is 238 g/mol. The number of methoxy groups -OCH3 is 1. The van der Waals surface area contributed by atoms with E-state index in [-0.39, 0.29) is 12.0 Å². The van der Waals surface area contributed by atoms with Gasteiger partial charge in [0.15, 0.2) is 0 Å². The summed E-state index contributed by atoms with van der Waals surface area (Å²) >= 11 is 0. The minimum Gasteiger partial charge on any atom is -0.468 e. The Hall–Kier alpha value is -0.570. The van der Waals surface area contributed by atoms with Gasteiger partial charge in [-0.1, -0.05) is 13.8 Å². The van der Waals surface area contributed by atoms with Gasteiger partial charge in [0.05, 0.1) is 7.11 Å². The second-order valence-electron chi connectivity index (χ2n) is 7.37. The summed E-state index contributed by atoms with van der Waals surface area (Å²) in [7, 11) is 1.50. The molecule has 3 heteroatoms. The van der Waals surface area contributed by atoms with Crippen molar-refractivity contribution < 1.29 is 9.53 Å². The van der Waals surface area contributed by atoms with Crippen LogP contribution in [-0.4, -0.2) is 25.2 Å². The molecule has 0 aromatic heterocycles. The standard InChI is InChI=1S/C16H27NO2/c1-9(2)14(16(18)19-3)17-15-12-5-10-4-11(7-12)8-13(15)6-10/h9-15,17H,4-8H2,1-3H3/t10?,11?,12?,13?,14-,15?/m0/s1. The van der Waals surface area contributed by atoms with Crippen LogP contribution in [0, 0.1) is 29.6 Å². The normalized spacial score (nSPS) is 41.6. The molecule has 0 aromatic carbocycles. The van der Waals surface area contributed by atoms with Crippen molar-refractivity contribution >= 4 is 5.97 Å². The molecule has 0 spiro atoms. The molecule has 3 nitrogen and oxygen atoms in total. The van der Waals surface area contributed by atoms with Crippen LogP contribution in [0.3, 0.4) is 0 Å². The largest absolute Gasteiger partial charge is 0.468 e. The van der Waals surface area contributed by atoms with E-state index in [1.54, 1.807) is 0 Å². The van der Waals surface area contributed by atoms with Crippen LogP contribution in [0.15, 0.2) is 0 Å². The number of esters is 1. The fourth-order valence-corrected chi connectivity index (χ4v) is 5.06. The molecule has 4 saturated carbocycles. The summed E-state index contributed by atoms with van der Waals surface area (Å²) in [5.41, 5.74) is 0. The molecule has 4 rings (SSSR count). The van der Waals surface area contributed by atoms with Gasteiger partial charge in [0.25, 0.3) is 0 Å². The zero-order valence-electron chi connectivity index (χ0n) is 12.4. The zero-order chi connectivity index (χ0) is 13.6. The summed E-state index contributed by atoms with van der Waals surface area (Å²) in [6, 6.07) is 0.423. The molecule has 4 fully saturated rings. The van der Waals surface area contributed by atoms with Gasteiger partial charge in [0, 0.05) is 6.04 Å². The number of carbonyl (C=O) groups excluding carboxylic acids is 1. The maximum absolute atomic E-state index is 11.9. The van der Waals surface area contributed by atoms with Crippen molar-refractivity contribution in [3.63, 3.8) is 0 Å². The number of nitrogens with one attached hydrogen (secondary N) is 1. The Kier molecular flexibility index (Phi) is 3.59. The molecular formula is C16H27NO2. The molecule has 0 unspecified atom stereocenters. The third-order valence-corrected chi connectivity index (χ3v) is 5.72. The second-order valence-corrected chi connectivity index (χ2v) is 7.37. The average molecular weight is 265 g/mol. The van der Waals surface area contributed by atoms with Crippen molar-refractivity contribution in [1.82, 2.24) is 5.32 Å². The molecule has 0 heterocycles. The summed E-state index contributed by atoms with van der Waals surface area (Å²) in [6.07, 6.45) is 7.02. The number of hydrogen-bond acceptors (Lipinski definition) is 3. The lowest BCUT2D eigenvalue weighted by Gasteiger charge is -2.55. The number of ether oxygens (including phenoxy) is 1. The SMILES string of the molecule is COC(=O)[C@@H](NC1C2CC3CC(C2)CC1C3)C(C)C. The van der Waals surface area contributed by atoms with E-state index in [0.29, 0.717) is 12.0 Å². The highest BCUT2D eigenvalue weighted by Gasteiger charge is 2.49. The predicted octanol–water partition coefficient (Wildman–Crippen LogP) is 2.60. The first kappa shape index (κ1) is 13.4. The predicted molar refractivity (Wildman–Crippen MR) is 74.6 cm³/mol. The number of rotatable bonds is 4. The van der Waals surface area contributed by atoms with E-state index in [1.165, 1.54) is 39.2 Å². The van der Waals surface area contributed by atoms with E-state index < -0.39 is 0 Å². The highest BCUT2D eigenvalue weighted by atomic mass is 16.5. The van der Waals surface area contributed by atoms with Crippen LogP contribution < -0.4 is 5.32 Å². The molecule has 4 aliphatic carbocycles. The Bertz CT molecular complexity index is 325. The molecule has 0 amide bonds. The lowest BCUT2D eigenvalue weighted by molar-refractivity contribution is -0.145. The molecule has 0 aliphatic heterocycles. The summed E-state index contributed by atoms with van der Waals surface area (Å²) in [5, 5.41) is 3.67. The van der Waals surface area contributed by atoms with Crippen LogP contribution in [0.4, 0.5) is 0 Å². The first-order chi connectivity index (χ1) is 9.08. The van der Waals surface area contributed by atoms with E-state index in [0.717, 1.165) is 23.7 Å². The van der Waals surface area contributed by atoms with Crippen LogP contribution in [-0.2, 0) is 9.53 Å². The van der Waals surface area contributed by atoms with E-state index in [4.69, 9.17) is 4.74 Å². The molecule has 19 heavy (non-hydrogen) atoms. The van der Waals surface area contributed by atoms with Crippen molar-refractivity contribution in [2.45, 2.75) is 58.0 Å². The van der Waals surface area contributed by atoms with Crippen LogP contribution in [0.5, 0.6) is 0 Å². The van der Waals surface area contributed by atoms with E-state index >= 15 is 0 Å². The maximum atomic E-state index is 11.9. The third-order valence-electron chi connectivity index (χ3n) is 5.72. The summed E-state index contributed by atoms with van der Waals surface area (Å²) in [6.45, 7) is 4.20. The first-order valence-corrected chi connectivity index (χ1v) is 7.92. The van der Waals surface area contributed by atoms with Crippen LogP contribution in [0.2, 0.25) is 0 Å². The molecule has 0 saturated heterocycles.